The second kappa shape index (κ2) is 9.70. The molecule has 4 nitrogen and oxygen atoms in total. The minimum atomic E-state index is 0. The van der Waals surface area contributed by atoms with Crippen molar-refractivity contribution in [2.24, 2.45) is 5.92 Å². The predicted octanol–water partition coefficient (Wildman–Crippen LogP) is 2.64. The first-order valence-corrected chi connectivity index (χ1v) is 7.79. The Morgan fingerprint density at radius 3 is 2.95 bits per heavy atom. The second-order valence-electron chi connectivity index (χ2n) is 5.88. The van der Waals surface area contributed by atoms with Gasteiger partial charge in [-0.25, -0.2) is 0 Å². The minimum Gasteiger partial charge on any atom is -0.492 e. The van der Waals surface area contributed by atoms with Gasteiger partial charge in [0, 0.05) is 13.5 Å². The molecule has 0 spiro atoms. The SMILES string of the molecule is Cc1cccc(OCCN(C)C(=O)CCC2CCNC2)c1.Cl. The molecule has 1 amide bonds. The summed E-state index contributed by atoms with van der Waals surface area (Å²) >= 11 is 0. The van der Waals surface area contributed by atoms with E-state index in [0.717, 1.165) is 25.3 Å². The summed E-state index contributed by atoms with van der Waals surface area (Å²) in [6, 6.07) is 7.98. The Bertz CT molecular complexity index is 462. The van der Waals surface area contributed by atoms with Crippen molar-refractivity contribution in [1.82, 2.24) is 10.2 Å². The lowest BCUT2D eigenvalue weighted by Gasteiger charge is -2.18. The standard InChI is InChI=1S/C17H26N2O2.ClH/c1-14-4-3-5-16(12-14)21-11-10-19(2)17(20)7-6-15-8-9-18-13-15;/h3-5,12,15,18H,6-11,13H2,1-2H3;1H. The molecule has 1 aliphatic rings. The van der Waals surface area contributed by atoms with Gasteiger partial charge in [0.05, 0.1) is 6.54 Å². The third-order valence-electron chi connectivity index (χ3n) is 4.04. The number of rotatable bonds is 7. The van der Waals surface area contributed by atoms with Gasteiger partial charge in [0.1, 0.15) is 12.4 Å². The Balaban J connectivity index is 0.00000242. The largest absolute Gasteiger partial charge is 0.492 e. The molecule has 1 heterocycles. The number of hydrogen-bond donors (Lipinski definition) is 1. The third kappa shape index (κ3) is 6.24. The predicted molar refractivity (Wildman–Crippen MR) is 91.8 cm³/mol. The summed E-state index contributed by atoms with van der Waals surface area (Å²) < 4.78 is 5.68. The van der Waals surface area contributed by atoms with Gasteiger partial charge in [0.2, 0.25) is 5.91 Å². The fourth-order valence-corrected chi connectivity index (χ4v) is 2.61. The smallest absolute Gasteiger partial charge is 0.222 e. The molecule has 22 heavy (non-hydrogen) atoms. The number of nitrogens with zero attached hydrogens (tertiary/aromatic N) is 1. The fraction of sp³-hybridized carbons (Fsp3) is 0.588. The monoisotopic (exact) mass is 326 g/mol. The zero-order valence-corrected chi connectivity index (χ0v) is 14.3. The van der Waals surface area contributed by atoms with Crippen LogP contribution in [0.4, 0.5) is 0 Å². The molecule has 5 heteroatoms. The zero-order chi connectivity index (χ0) is 15.1. The topological polar surface area (TPSA) is 41.6 Å². The summed E-state index contributed by atoms with van der Waals surface area (Å²) in [7, 11) is 1.86. The average Bonchev–Trinajstić information content (AvgIpc) is 2.98. The average molecular weight is 327 g/mol. The summed E-state index contributed by atoms with van der Waals surface area (Å²) in [5, 5.41) is 3.34. The number of benzene rings is 1. The molecule has 0 aliphatic carbocycles. The van der Waals surface area contributed by atoms with Crippen LogP contribution >= 0.6 is 12.4 Å². The van der Waals surface area contributed by atoms with Crippen LogP contribution in [0.2, 0.25) is 0 Å². The number of aryl methyl sites for hydroxylation is 1. The lowest BCUT2D eigenvalue weighted by Crippen LogP contribution is -2.31. The van der Waals surface area contributed by atoms with E-state index in [-0.39, 0.29) is 18.3 Å². The summed E-state index contributed by atoms with van der Waals surface area (Å²) in [6.45, 7) is 5.37. The molecule has 1 saturated heterocycles. The maximum absolute atomic E-state index is 12.0. The third-order valence-corrected chi connectivity index (χ3v) is 4.04. The Morgan fingerprint density at radius 2 is 2.27 bits per heavy atom. The minimum absolute atomic E-state index is 0. The number of ether oxygens (including phenoxy) is 1. The molecule has 0 radical (unpaired) electrons. The Morgan fingerprint density at radius 1 is 1.45 bits per heavy atom. The van der Waals surface area contributed by atoms with Crippen LogP contribution in [0.1, 0.15) is 24.8 Å². The van der Waals surface area contributed by atoms with E-state index in [1.807, 2.05) is 38.2 Å². The highest BCUT2D eigenvalue weighted by molar-refractivity contribution is 5.85. The summed E-state index contributed by atoms with van der Waals surface area (Å²) in [5.74, 6) is 1.76. The first kappa shape index (κ1) is 18.8. The van der Waals surface area contributed by atoms with Gasteiger partial charge in [0.25, 0.3) is 0 Å². The maximum atomic E-state index is 12.0. The van der Waals surface area contributed by atoms with Gasteiger partial charge in [-0.2, -0.15) is 0 Å². The molecule has 1 N–H and O–H groups in total. The Labute approximate surface area is 139 Å². The van der Waals surface area contributed by atoms with Gasteiger partial charge in [0.15, 0.2) is 0 Å². The molecule has 1 unspecified atom stereocenters. The van der Waals surface area contributed by atoms with E-state index < -0.39 is 0 Å². The van der Waals surface area contributed by atoms with Crippen molar-refractivity contribution in [1.29, 1.82) is 0 Å². The summed E-state index contributed by atoms with van der Waals surface area (Å²) in [6.07, 6.45) is 2.84. The first-order chi connectivity index (χ1) is 10.1. The van der Waals surface area contributed by atoms with Crippen LogP contribution in [-0.2, 0) is 4.79 Å². The number of hydrogen-bond acceptors (Lipinski definition) is 3. The molecule has 1 aliphatic heterocycles. The molecule has 0 bridgehead atoms. The van der Waals surface area contributed by atoms with Crippen molar-refractivity contribution < 1.29 is 9.53 Å². The van der Waals surface area contributed by atoms with Crippen LogP contribution in [-0.4, -0.2) is 44.1 Å². The van der Waals surface area contributed by atoms with E-state index in [0.29, 0.717) is 25.5 Å². The lowest BCUT2D eigenvalue weighted by atomic mass is 10.0. The van der Waals surface area contributed by atoms with Crippen LogP contribution in [0.3, 0.4) is 0 Å². The van der Waals surface area contributed by atoms with Crippen LogP contribution < -0.4 is 10.1 Å². The Hall–Kier alpha value is -1.26. The highest BCUT2D eigenvalue weighted by atomic mass is 35.5. The highest BCUT2D eigenvalue weighted by Gasteiger charge is 2.17. The van der Waals surface area contributed by atoms with Crippen molar-refractivity contribution in [3.8, 4) is 5.75 Å². The first-order valence-electron chi connectivity index (χ1n) is 7.79. The van der Waals surface area contributed by atoms with Crippen LogP contribution in [0.15, 0.2) is 24.3 Å². The maximum Gasteiger partial charge on any atom is 0.222 e. The number of nitrogens with one attached hydrogen (secondary N) is 1. The highest BCUT2D eigenvalue weighted by Crippen LogP contribution is 2.15. The molecule has 0 aromatic heterocycles. The van der Waals surface area contributed by atoms with E-state index >= 15 is 0 Å². The van der Waals surface area contributed by atoms with Crippen molar-refractivity contribution >= 4 is 18.3 Å². The van der Waals surface area contributed by atoms with Crippen molar-refractivity contribution in [2.75, 3.05) is 33.3 Å². The summed E-state index contributed by atoms with van der Waals surface area (Å²) in [4.78, 5) is 13.8. The number of carbonyl (C=O) groups excluding carboxylic acids is 1. The van der Waals surface area contributed by atoms with Gasteiger partial charge < -0.3 is 15.0 Å². The molecule has 1 atom stereocenters. The lowest BCUT2D eigenvalue weighted by molar-refractivity contribution is -0.130. The van der Waals surface area contributed by atoms with Crippen molar-refractivity contribution in [2.45, 2.75) is 26.2 Å². The van der Waals surface area contributed by atoms with E-state index in [1.54, 1.807) is 4.90 Å². The molecular weight excluding hydrogens is 300 g/mol. The van der Waals surface area contributed by atoms with Crippen LogP contribution in [0.5, 0.6) is 5.75 Å². The second-order valence-corrected chi connectivity index (χ2v) is 5.88. The molecule has 1 aromatic carbocycles. The molecular formula is C17H27ClN2O2. The van der Waals surface area contributed by atoms with Gasteiger partial charge >= 0.3 is 0 Å². The van der Waals surface area contributed by atoms with Crippen molar-refractivity contribution in [3.05, 3.63) is 29.8 Å². The summed E-state index contributed by atoms with van der Waals surface area (Å²) in [5.41, 5.74) is 1.18. The quantitative estimate of drug-likeness (QED) is 0.837. The van der Waals surface area contributed by atoms with Crippen molar-refractivity contribution in [3.63, 3.8) is 0 Å². The number of amides is 1. The zero-order valence-electron chi connectivity index (χ0n) is 13.5. The Kier molecular flexibility index (Phi) is 8.28. The van der Waals surface area contributed by atoms with Gasteiger partial charge in [-0.3, -0.25) is 4.79 Å². The molecule has 1 fully saturated rings. The van der Waals surface area contributed by atoms with Gasteiger partial charge in [-0.1, -0.05) is 12.1 Å². The number of carbonyl (C=O) groups is 1. The molecule has 124 valence electrons. The normalized spacial score (nSPS) is 16.9. The van der Waals surface area contributed by atoms with E-state index in [4.69, 9.17) is 4.74 Å². The van der Waals surface area contributed by atoms with E-state index in [9.17, 15) is 4.79 Å². The van der Waals surface area contributed by atoms with E-state index in [2.05, 4.69) is 5.32 Å². The molecule has 1 aromatic rings. The van der Waals surface area contributed by atoms with Crippen LogP contribution in [0, 0.1) is 12.8 Å². The van der Waals surface area contributed by atoms with Gasteiger partial charge in [-0.15, -0.1) is 12.4 Å². The fourth-order valence-electron chi connectivity index (χ4n) is 2.61. The molecule has 2 rings (SSSR count). The van der Waals surface area contributed by atoms with Gasteiger partial charge in [-0.05, 0) is 56.5 Å². The van der Waals surface area contributed by atoms with E-state index in [1.165, 1.54) is 12.0 Å². The number of halogens is 1. The molecule has 0 saturated carbocycles. The number of likely N-dealkylation sites (N-methyl/N-ethyl adjacent to an activating group) is 1. The van der Waals surface area contributed by atoms with Crippen LogP contribution in [0.25, 0.3) is 0 Å².